The molecule has 15 heavy (non-hydrogen) atoms. The van der Waals surface area contributed by atoms with E-state index in [1.165, 1.54) is 30.0 Å². The summed E-state index contributed by atoms with van der Waals surface area (Å²) in [6, 6.07) is 3.68. The van der Waals surface area contributed by atoms with Gasteiger partial charge < -0.3 is 5.11 Å². The van der Waals surface area contributed by atoms with Gasteiger partial charge in [0.25, 0.3) is 0 Å². The van der Waals surface area contributed by atoms with E-state index in [9.17, 15) is 13.9 Å². The SMILES string of the molecule is CC1SCCC1(O)c1c(F)cccc1F. The average molecular weight is 230 g/mol. The van der Waals surface area contributed by atoms with Crippen LogP contribution in [0.25, 0.3) is 0 Å². The highest BCUT2D eigenvalue weighted by Crippen LogP contribution is 2.44. The lowest BCUT2D eigenvalue weighted by Gasteiger charge is -2.27. The van der Waals surface area contributed by atoms with E-state index in [1.54, 1.807) is 6.92 Å². The van der Waals surface area contributed by atoms with Crippen molar-refractivity contribution in [3.8, 4) is 0 Å². The Morgan fingerprint density at radius 2 is 2.00 bits per heavy atom. The van der Waals surface area contributed by atoms with Gasteiger partial charge in [-0.05, 0) is 24.3 Å². The van der Waals surface area contributed by atoms with Gasteiger partial charge in [0.05, 0.1) is 5.56 Å². The highest BCUT2D eigenvalue weighted by atomic mass is 32.2. The van der Waals surface area contributed by atoms with Crippen molar-refractivity contribution in [2.24, 2.45) is 0 Å². The zero-order valence-electron chi connectivity index (χ0n) is 8.34. The van der Waals surface area contributed by atoms with Gasteiger partial charge in [0.2, 0.25) is 0 Å². The average Bonchev–Trinajstić information content (AvgIpc) is 2.47. The van der Waals surface area contributed by atoms with Crippen LogP contribution in [0.5, 0.6) is 0 Å². The zero-order valence-corrected chi connectivity index (χ0v) is 9.15. The third-order valence-corrected chi connectivity index (χ3v) is 4.25. The molecule has 0 amide bonds. The van der Waals surface area contributed by atoms with Gasteiger partial charge in [-0.25, -0.2) is 8.78 Å². The van der Waals surface area contributed by atoms with Crippen LogP contribution in [0.2, 0.25) is 0 Å². The van der Waals surface area contributed by atoms with Gasteiger partial charge in [-0.3, -0.25) is 0 Å². The number of rotatable bonds is 1. The maximum Gasteiger partial charge on any atom is 0.132 e. The molecule has 0 bridgehead atoms. The van der Waals surface area contributed by atoms with E-state index in [0.29, 0.717) is 6.42 Å². The van der Waals surface area contributed by atoms with Crippen molar-refractivity contribution in [2.45, 2.75) is 24.2 Å². The highest BCUT2D eigenvalue weighted by molar-refractivity contribution is 8.00. The first-order chi connectivity index (χ1) is 7.05. The molecule has 1 heterocycles. The van der Waals surface area contributed by atoms with Gasteiger partial charge in [0, 0.05) is 5.25 Å². The van der Waals surface area contributed by atoms with Crippen molar-refractivity contribution < 1.29 is 13.9 Å². The predicted octanol–water partition coefficient (Wildman–Crippen LogP) is 2.68. The molecule has 1 aliphatic heterocycles. The largest absolute Gasteiger partial charge is 0.384 e. The topological polar surface area (TPSA) is 20.2 Å². The monoisotopic (exact) mass is 230 g/mol. The molecule has 0 radical (unpaired) electrons. The predicted molar refractivity (Wildman–Crippen MR) is 56.8 cm³/mol. The maximum atomic E-state index is 13.5. The number of hydrogen-bond donors (Lipinski definition) is 1. The lowest BCUT2D eigenvalue weighted by atomic mass is 9.88. The maximum absolute atomic E-state index is 13.5. The summed E-state index contributed by atoms with van der Waals surface area (Å²) in [5, 5.41) is 10.1. The fourth-order valence-corrected chi connectivity index (χ4v) is 3.27. The van der Waals surface area contributed by atoms with Gasteiger partial charge >= 0.3 is 0 Å². The Morgan fingerprint density at radius 3 is 2.47 bits per heavy atom. The lowest BCUT2D eigenvalue weighted by molar-refractivity contribution is 0.0351. The van der Waals surface area contributed by atoms with Crippen LogP contribution in [0.3, 0.4) is 0 Å². The Labute approximate surface area is 91.5 Å². The number of benzene rings is 1. The van der Waals surface area contributed by atoms with Gasteiger partial charge in [-0.1, -0.05) is 13.0 Å². The molecule has 1 fully saturated rings. The number of aliphatic hydroxyl groups is 1. The van der Waals surface area contributed by atoms with Crippen LogP contribution in [0, 0.1) is 11.6 Å². The minimum absolute atomic E-state index is 0.177. The van der Waals surface area contributed by atoms with Crippen molar-refractivity contribution in [1.82, 2.24) is 0 Å². The van der Waals surface area contributed by atoms with Crippen LogP contribution in [0.1, 0.15) is 18.9 Å². The van der Waals surface area contributed by atoms with Crippen LogP contribution in [0.4, 0.5) is 8.78 Å². The molecule has 82 valence electrons. The standard InChI is InChI=1S/C11H12F2OS/c1-7-11(14,5-6-15-7)10-8(12)3-2-4-9(10)13/h2-4,7,14H,5-6H2,1H3. The fourth-order valence-electron chi connectivity index (χ4n) is 1.97. The summed E-state index contributed by atoms with van der Waals surface area (Å²) in [7, 11) is 0. The van der Waals surface area contributed by atoms with Crippen molar-refractivity contribution in [2.75, 3.05) is 5.75 Å². The molecule has 0 aromatic heterocycles. The molecular formula is C11H12F2OS. The number of hydrogen-bond acceptors (Lipinski definition) is 2. The normalized spacial score (nSPS) is 30.8. The highest BCUT2D eigenvalue weighted by Gasteiger charge is 2.44. The quantitative estimate of drug-likeness (QED) is 0.800. The summed E-state index contributed by atoms with van der Waals surface area (Å²) in [6.45, 7) is 1.80. The number of halogens is 2. The van der Waals surface area contributed by atoms with E-state index in [0.717, 1.165) is 5.75 Å². The third kappa shape index (κ3) is 1.66. The second-order valence-electron chi connectivity index (χ2n) is 3.78. The molecule has 2 rings (SSSR count). The van der Waals surface area contributed by atoms with E-state index >= 15 is 0 Å². The Bertz CT molecular complexity index is 363. The van der Waals surface area contributed by atoms with Crippen molar-refractivity contribution in [3.63, 3.8) is 0 Å². The second kappa shape index (κ2) is 3.76. The Balaban J connectivity index is 2.53. The Hall–Kier alpha value is -0.610. The van der Waals surface area contributed by atoms with E-state index in [2.05, 4.69) is 0 Å². The lowest BCUT2D eigenvalue weighted by Crippen LogP contribution is -2.33. The molecule has 2 unspecified atom stereocenters. The van der Waals surface area contributed by atoms with Crippen LogP contribution >= 0.6 is 11.8 Å². The van der Waals surface area contributed by atoms with Gasteiger partial charge in [0.15, 0.2) is 0 Å². The zero-order chi connectivity index (χ0) is 11.1. The molecule has 4 heteroatoms. The van der Waals surface area contributed by atoms with E-state index in [1.807, 2.05) is 0 Å². The molecule has 0 spiro atoms. The summed E-state index contributed by atoms with van der Waals surface area (Å²) < 4.78 is 27.0. The van der Waals surface area contributed by atoms with Crippen LogP contribution < -0.4 is 0 Å². The summed E-state index contributed by atoms with van der Waals surface area (Å²) >= 11 is 1.53. The molecular weight excluding hydrogens is 218 g/mol. The summed E-state index contributed by atoms with van der Waals surface area (Å²) in [6.07, 6.45) is 0.399. The summed E-state index contributed by atoms with van der Waals surface area (Å²) in [5.74, 6) is -0.593. The van der Waals surface area contributed by atoms with Crippen LogP contribution in [-0.2, 0) is 5.60 Å². The molecule has 1 saturated heterocycles. The van der Waals surface area contributed by atoms with Gasteiger partial charge in [0.1, 0.15) is 17.2 Å². The van der Waals surface area contributed by atoms with Crippen molar-refractivity contribution in [3.05, 3.63) is 35.4 Å². The molecule has 1 aliphatic rings. The molecule has 1 nitrogen and oxygen atoms in total. The van der Waals surface area contributed by atoms with Gasteiger partial charge in [-0.2, -0.15) is 11.8 Å². The fraction of sp³-hybridized carbons (Fsp3) is 0.455. The van der Waals surface area contributed by atoms with Crippen LogP contribution in [-0.4, -0.2) is 16.1 Å². The van der Waals surface area contributed by atoms with Crippen molar-refractivity contribution in [1.29, 1.82) is 0 Å². The minimum atomic E-state index is -1.36. The van der Waals surface area contributed by atoms with E-state index in [-0.39, 0.29) is 10.8 Å². The summed E-state index contributed by atoms with van der Waals surface area (Å²) in [5.41, 5.74) is -1.54. The third-order valence-electron chi connectivity index (χ3n) is 2.92. The minimum Gasteiger partial charge on any atom is -0.384 e. The molecule has 1 aromatic carbocycles. The smallest absolute Gasteiger partial charge is 0.132 e. The Kier molecular flexibility index (Phi) is 2.73. The second-order valence-corrected chi connectivity index (χ2v) is 5.23. The van der Waals surface area contributed by atoms with E-state index < -0.39 is 17.2 Å². The summed E-state index contributed by atoms with van der Waals surface area (Å²) in [4.78, 5) is 0. The first kappa shape index (κ1) is 10.9. The molecule has 2 atom stereocenters. The van der Waals surface area contributed by atoms with Crippen molar-refractivity contribution >= 4 is 11.8 Å². The number of thioether (sulfide) groups is 1. The van der Waals surface area contributed by atoms with Gasteiger partial charge in [-0.15, -0.1) is 0 Å². The molecule has 1 N–H and O–H groups in total. The first-order valence-electron chi connectivity index (χ1n) is 4.84. The van der Waals surface area contributed by atoms with E-state index in [4.69, 9.17) is 0 Å². The molecule has 0 saturated carbocycles. The molecule has 1 aromatic rings. The van der Waals surface area contributed by atoms with Crippen LogP contribution in [0.15, 0.2) is 18.2 Å². The molecule has 0 aliphatic carbocycles. The Morgan fingerprint density at radius 1 is 1.40 bits per heavy atom. The first-order valence-corrected chi connectivity index (χ1v) is 5.89.